The fraction of sp³-hybridized carbons (Fsp3) is 0.250. The van der Waals surface area contributed by atoms with Crippen LogP contribution in [0.25, 0.3) is 0 Å². The van der Waals surface area contributed by atoms with Crippen LogP contribution in [0.3, 0.4) is 0 Å². The van der Waals surface area contributed by atoms with E-state index in [0.717, 1.165) is 5.56 Å². The molecule has 1 N–H and O–H groups in total. The summed E-state index contributed by atoms with van der Waals surface area (Å²) in [6.07, 6.45) is 3.48. The van der Waals surface area contributed by atoms with Crippen LogP contribution in [0.5, 0.6) is 0 Å². The molecule has 0 fully saturated rings. The maximum atomic E-state index is 11.7. The maximum absolute atomic E-state index is 11.7. The predicted octanol–water partition coefficient (Wildman–Crippen LogP) is 2.04. The minimum Gasteiger partial charge on any atom is -0.481 e. The van der Waals surface area contributed by atoms with Gasteiger partial charge in [0.1, 0.15) is 0 Å². The molecule has 6 heteroatoms. The molecular weight excluding hydrogens is 252 g/mol. The van der Waals surface area contributed by atoms with Crippen molar-refractivity contribution in [1.29, 1.82) is 0 Å². The largest absolute Gasteiger partial charge is 0.481 e. The third-order valence-electron chi connectivity index (χ3n) is 2.40. The molecule has 0 radical (unpaired) electrons. The number of nitrogens with zero attached hydrogens (tertiary/aromatic N) is 2. The van der Waals surface area contributed by atoms with Crippen molar-refractivity contribution in [2.75, 3.05) is 0 Å². The van der Waals surface area contributed by atoms with Gasteiger partial charge in [0, 0.05) is 18.8 Å². The van der Waals surface area contributed by atoms with Crippen molar-refractivity contribution in [1.82, 2.24) is 9.78 Å². The molecule has 0 saturated heterocycles. The normalized spacial score (nSPS) is 10.4. The second-order valence-corrected chi connectivity index (χ2v) is 4.75. The van der Waals surface area contributed by atoms with Crippen molar-refractivity contribution in [2.24, 2.45) is 0 Å². The number of thiophene rings is 1. The third kappa shape index (κ3) is 3.27. The highest BCUT2D eigenvalue weighted by Crippen LogP contribution is 2.18. The van der Waals surface area contributed by atoms with Gasteiger partial charge in [0.25, 0.3) is 0 Å². The average Bonchev–Trinajstić information content (AvgIpc) is 2.98. The van der Waals surface area contributed by atoms with Crippen molar-refractivity contribution in [3.63, 3.8) is 0 Å². The number of Topliss-reactive ketones (excluding diaryl/α,β-unsaturated/α-hetero) is 1. The lowest BCUT2D eigenvalue weighted by Gasteiger charge is -1.97. The first kappa shape index (κ1) is 12.5. The quantitative estimate of drug-likeness (QED) is 0.810. The lowest BCUT2D eigenvalue weighted by Crippen LogP contribution is -2.02. The van der Waals surface area contributed by atoms with E-state index in [1.165, 1.54) is 11.3 Å². The smallest absolute Gasteiger partial charge is 0.303 e. The Morgan fingerprint density at radius 3 is 2.89 bits per heavy atom. The number of rotatable bonds is 6. The van der Waals surface area contributed by atoms with Crippen LogP contribution in [0.2, 0.25) is 0 Å². The molecule has 18 heavy (non-hydrogen) atoms. The van der Waals surface area contributed by atoms with E-state index in [1.54, 1.807) is 16.9 Å². The van der Waals surface area contributed by atoms with Gasteiger partial charge in [-0.15, -0.1) is 11.3 Å². The van der Waals surface area contributed by atoms with Gasteiger partial charge in [-0.3, -0.25) is 14.3 Å². The number of hydrogen-bond donors (Lipinski definition) is 1. The van der Waals surface area contributed by atoms with E-state index in [0.29, 0.717) is 11.4 Å². The van der Waals surface area contributed by atoms with Crippen molar-refractivity contribution < 1.29 is 14.7 Å². The van der Waals surface area contributed by atoms with Crippen LogP contribution in [-0.4, -0.2) is 26.6 Å². The Labute approximate surface area is 108 Å². The molecule has 2 aromatic rings. The van der Waals surface area contributed by atoms with Crippen LogP contribution < -0.4 is 0 Å². The van der Waals surface area contributed by atoms with Crippen LogP contribution in [-0.2, 0) is 11.3 Å². The first-order valence-electron chi connectivity index (χ1n) is 5.45. The number of aliphatic carboxylic acids is 1. The lowest BCUT2D eigenvalue weighted by molar-refractivity contribution is -0.136. The van der Waals surface area contributed by atoms with Crippen LogP contribution in [0.15, 0.2) is 29.9 Å². The standard InChI is InChI=1S/C12H12N2O3S/c15-10(2-3-12(16)17)11-6-9(8-18-11)7-14-5-1-4-13-14/h1,4-6,8H,2-3,7H2,(H,16,17). The highest BCUT2D eigenvalue weighted by Gasteiger charge is 2.11. The van der Waals surface area contributed by atoms with Gasteiger partial charge in [-0.25, -0.2) is 0 Å². The summed E-state index contributed by atoms with van der Waals surface area (Å²) in [5.74, 6) is -1.06. The van der Waals surface area contributed by atoms with Gasteiger partial charge >= 0.3 is 5.97 Å². The first-order valence-corrected chi connectivity index (χ1v) is 6.33. The van der Waals surface area contributed by atoms with Crippen LogP contribution in [0, 0.1) is 0 Å². The first-order chi connectivity index (χ1) is 8.65. The molecule has 2 aromatic heterocycles. The highest BCUT2D eigenvalue weighted by molar-refractivity contribution is 7.12. The predicted molar refractivity (Wildman–Crippen MR) is 66.8 cm³/mol. The molecule has 0 saturated carbocycles. The number of aromatic nitrogens is 2. The fourth-order valence-corrected chi connectivity index (χ4v) is 2.40. The average molecular weight is 264 g/mol. The van der Waals surface area contributed by atoms with E-state index in [-0.39, 0.29) is 18.6 Å². The van der Waals surface area contributed by atoms with Gasteiger partial charge in [-0.05, 0) is 23.1 Å². The molecule has 0 aliphatic carbocycles. The monoisotopic (exact) mass is 264 g/mol. The van der Waals surface area contributed by atoms with Crippen LogP contribution >= 0.6 is 11.3 Å². The maximum Gasteiger partial charge on any atom is 0.303 e. The third-order valence-corrected chi connectivity index (χ3v) is 3.42. The Kier molecular flexibility index (Phi) is 3.88. The molecule has 0 aliphatic rings. The zero-order valence-electron chi connectivity index (χ0n) is 9.57. The van der Waals surface area contributed by atoms with Crippen LogP contribution in [0.1, 0.15) is 28.1 Å². The summed E-state index contributed by atoms with van der Waals surface area (Å²) >= 11 is 1.35. The van der Waals surface area contributed by atoms with Gasteiger partial charge in [-0.1, -0.05) is 0 Å². The summed E-state index contributed by atoms with van der Waals surface area (Å²) in [5.41, 5.74) is 1.00. The summed E-state index contributed by atoms with van der Waals surface area (Å²) < 4.78 is 1.77. The molecule has 0 aliphatic heterocycles. The lowest BCUT2D eigenvalue weighted by atomic mass is 10.2. The number of carbonyl (C=O) groups excluding carboxylic acids is 1. The van der Waals surface area contributed by atoms with Gasteiger partial charge < -0.3 is 5.11 Å². The molecule has 0 spiro atoms. The summed E-state index contributed by atoms with van der Waals surface area (Å²) in [6.45, 7) is 0.621. The number of ketones is 1. The van der Waals surface area contributed by atoms with Crippen molar-refractivity contribution in [3.8, 4) is 0 Å². The molecule has 2 heterocycles. The Balaban J connectivity index is 1.97. The molecule has 0 aromatic carbocycles. The summed E-state index contributed by atoms with van der Waals surface area (Å²) in [7, 11) is 0. The molecule has 0 bridgehead atoms. The van der Waals surface area contributed by atoms with E-state index in [4.69, 9.17) is 5.11 Å². The van der Waals surface area contributed by atoms with Gasteiger partial charge in [0.2, 0.25) is 0 Å². The molecular formula is C12H12N2O3S. The van der Waals surface area contributed by atoms with Crippen molar-refractivity contribution >= 4 is 23.1 Å². The zero-order chi connectivity index (χ0) is 13.0. The molecule has 0 unspecified atom stereocenters. The van der Waals surface area contributed by atoms with Crippen LogP contribution in [0.4, 0.5) is 0 Å². The molecule has 94 valence electrons. The Morgan fingerprint density at radius 2 is 2.22 bits per heavy atom. The van der Waals surface area contributed by atoms with E-state index in [9.17, 15) is 9.59 Å². The van der Waals surface area contributed by atoms with Gasteiger partial charge in [0.05, 0.1) is 17.8 Å². The Morgan fingerprint density at radius 1 is 1.39 bits per heavy atom. The van der Waals surface area contributed by atoms with Gasteiger partial charge in [0.15, 0.2) is 5.78 Å². The summed E-state index contributed by atoms with van der Waals surface area (Å²) in [6, 6.07) is 3.64. The SMILES string of the molecule is O=C(O)CCC(=O)c1cc(Cn2cccn2)cs1. The zero-order valence-corrected chi connectivity index (χ0v) is 10.4. The molecule has 2 rings (SSSR count). The van der Waals surface area contributed by atoms with E-state index < -0.39 is 5.97 Å². The van der Waals surface area contributed by atoms with Crippen molar-refractivity contribution in [2.45, 2.75) is 19.4 Å². The number of carboxylic acids is 1. The summed E-state index contributed by atoms with van der Waals surface area (Å²) in [5, 5.41) is 14.5. The highest BCUT2D eigenvalue weighted by atomic mass is 32.1. The van der Waals surface area contributed by atoms with Crippen molar-refractivity contribution in [3.05, 3.63) is 40.3 Å². The second-order valence-electron chi connectivity index (χ2n) is 3.84. The topological polar surface area (TPSA) is 72.2 Å². The molecule has 0 atom stereocenters. The number of hydrogen-bond acceptors (Lipinski definition) is 4. The second kappa shape index (κ2) is 5.59. The fourth-order valence-electron chi connectivity index (χ4n) is 1.53. The number of carboxylic acid groups (broad SMARTS) is 1. The van der Waals surface area contributed by atoms with E-state index >= 15 is 0 Å². The molecule has 5 nitrogen and oxygen atoms in total. The Hall–Kier alpha value is -1.95. The minimum atomic E-state index is -0.948. The van der Waals surface area contributed by atoms with E-state index in [2.05, 4.69) is 5.10 Å². The Bertz CT molecular complexity index is 545. The summed E-state index contributed by atoms with van der Waals surface area (Å²) in [4.78, 5) is 22.7. The number of carbonyl (C=O) groups is 2. The van der Waals surface area contributed by atoms with Gasteiger partial charge in [-0.2, -0.15) is 5.10 Å². The minimum absolute atomic E-state index is 0.0526. The molecule has 0 amide bonds. The van der Waals surface area contributed by atoms with E-state index in [1.807, 2.05) is 17.6 Å².